The lowest BCUT2D eigenvalue weighted by molar-refractivity contribution is -0.0240. The third-order valence-electron chi connectivity index (χ3n) is 4.46. The fraction of sp³-hybridized carbons (Fsp3) is 0.647. The number of hydrogen-bond acceptors (Lipinski definition) is 3. The minimum absolute atomic E-state index is 0.0957. The second-order valence-electron chi connectivity index (χ2n) is 6.38. The molecule has 0 bridgehead atoms. The van der Waals surface area contributed by atoms with Crippen molar-refractivity contribution in [2.45, 2.75) is 51.4 Å². The Morgan fingerprint density at radius 2 is 1.90 bits per heavy atom. The first kappa shape index (κ1) is 14.1. The zero-order valence-corrected chi connectivity index (χ0v) is 12.6. The first-order valence-corrected chi connectivity index (χ1v) is 7.69. The lowest BCUT2D eigenvalue weighted by Gasteiger charge is -2.32. The smallest absolute Gasteiger partial charge is 0.0840 e. The summed E-state index contributed by atoms with van der Waals surface area (Å²) in [6.07, 6.45) is 3.56. The summed E-state index contributed by atoms with van der Waals surface area (Å²) in [4.78, 5) is 0. The first-order valence-electron chi connectivity index (χ1n) is 7.69. The highest BCUT2D eigenvalue weighted by molar-refractivity contribution is 5.28. The van der Waals surface area contributed by atoms with E-state index in [1.165, 1.54) is 16.7 Å². The maximum atomic E-state index is 6.08. The molecule has 2 saturated heterocycles. The van der Waals surface area contributed by atoms with E-state index in [0.717, 1.165) is 39.0 Å². The van der Waals surface area contributed by atoms with Gasteiger partial charge in [0.15, 0.2) is 0 Å². The van der Waals surface area contributed by atoms with Gasteiger partial charge in [-0.3, -0.25) is 0 Å². The molecule has 0 aromatic heterocycles. The number of aryl methyl sites for hydroxylation is 2. The molecule has 2 heterocycles. The van der Waals surface area contributed by atoms with Gasteiger partial charge >= 0.3 is 0 Å². The third-order valence-corrected chi connectivity index (χ3v) is 4.46. The maximum absolute atomic E-state index is 6.08. The summed E-state index contributed by atoms with van der Waals surface area (Å²) in [7, 11) is 0. The zero-order chi connectivity index (χ0) is 14.0. The van der Waals surface area contributed by atoms with Crippen molar-refractivity contribution in [1.29, 1.82) is 0 Å². The predicted octanol–water partition coefficient (Wildman–Crippen LogP) is 2.73. The van der Waals surface area contributed by atoms with Gasteiger partial charge in [0.2, 0.25) is 0 Å². The molecule has 2 aliphatic rings. The Labute approximate surface area is 121 Å². The average molecular weight is 275 g/mol. The fourth-order valence-electron chi connectivity index (χ4n) is 3.51. The van der Waals surface area contributed by atoms with Crippen LogP contribution >= 0.6 is 0 Å². The number of benzene rings is 1. The van der Waals surface area contributed by atoms with E-state index in [1.807, 2.05) is 0 Å². The highest BCUT2D eigenvalue weighted by Gasteiger charge is 2.41. The second kappa shape index (κ2) is 5.84. The SMILES string of the molecule is Cc1cc(C)cc(COC2COC3(CCNCC3)C2)c1. The van der Waals surface area contributed by atoms with Gasteiger partial charge in [-0.25, -0.2) is 0 Å². The molecule has 1 aromatic rings. The van der Waals surface area contributed by atoms with Crippen LogP contribution in [0, 0.1) is 13.8 Å². The summed E-state index contributed by atoms with van der Waals surface area (Å²) in [6.45, 7) is 7.88. The van der Waals surface area contributed by atoms with E-state index in [4.69, 9.17) is 9.47 Å². The highest BCUT2D eigenvalue weighted by Crippen LogP contribution is 2.35. The molecule has 2 aliphatic heterocycles. The summed E-state index contributed by atoms with van der Waals surface area (Å²) in [6, 6.07) is 6.62. The van der Waals surface area contributed by atoms with Crippen LogP contribution in [0.4, 0.5) is 0 Å². The number of ether oxygens (including phenoxy) is 2. The Morgan fingerprint density at radius 1 is 1.20 bits per heavy atom. The van der Waals surface area contributed by atoms with Crippen LogP contribution in [0.2, 0.25) is 0 Å². The van der Waals surface area contributed by atoms with Gasteiger partial charge < -0.3 is 14.8 Å². The van der Waals surface area contributed by atoms with Crippen LogP contribution in [-0.4, -0.2) is 31.4 Å². The van der Waals surface area contributed by atoms with E-state index in [2.05, 4.69) is 37.4 Å². The Bertz CT molecular complexity index is 446. The number of piperidine rings is 1. The van der Waals surface area contributed by atoms with Gasteiger partial charge in [0.1, 0.15) is 0 Å². The highest BCUT2D eigenvalue weighted by atomic mass is 16.6. The Morgan fingerprint density at radius 3 is 2.60 bits per heavy atom. The molecule has 1 N–H and O–H groups in total. The molecule has 0 amide bonds. The standard InChI is InChI=1S/C17H25NO2/c1-13-7-14(2)9-15(8-13)11-19-16-10-17(20-12-16)3-5-18-6-4-17/h7-9,16,18H,3-6,10-12H2,1-2H3. The van der Waals surface area contributed by atoms with Gasteiger partial charge in [-0.2, -0.15) is 0 Å². The van der Waals surface area contributed by atoms with Crippen molar-refractivity contribution in [3.05, 3.63) is 34.9 Å². The first-order chi connectivity index (χ1) is 9.65. The number of rotatable bonds is 3. The Hall–Kier alpha value is -0.900. The van der Waals surface area contributed by atoms with E-state index >= 15 is 0 Å². The molecular formula is C17H25NO2. The van der Waals surface area contributed by atoms with Gasteiger partial charge in [0.05, 0.1) is 24.9 Å². The van der Waals surface area contributed by atoms with Crippen molar-refractivity contribution in [2.75, 3.05) is 19.7 Å². The van der Waals surface area contributed by atoms with Crippen LogP contribution in [0.15, 0.2) is 18.2 Å². The molecule has 3 rings (SSSR count). The topological polar surface area (TPSA) is 30.5 Å². The molecule has 2 fully saturated rings. The minimum Gasteiger partial charge on any atom is -0.372 e. The van der Waals surface area contributed by atoms with E-state index in [0.29, 0.717) is 6.61 Å². The normalized spacial score (nSPS) is 25.2. The van der Waals surface area contributed by atoms with Crippen molar-refractivity contribution in [3.63, 3.8) is 0 Å². The zero-order valence-electron chi connectivity index (χ0n) is 12.6. The number of nitrogens with one attached hydrogen (secondary N) is 1. The quantitative estimate of drug-likeness (QED) is 0.920. The van der Waals surface area contributed by atoms with Crippen LogP contribution in [0.5, 0.6) is 0 Å². The summed E-state index contributed by atoms with van der Waals surface area (Å²) in [5.41, 5.74) is 3.98. The minimum atomic E-state index is 0.0957. The molecule has 20 heavy (non-hydrogen) atoms. The van der Waals surface area contributed by atoms with Crippen LogP contribution < -0.4 is 5.32 Å². The van der Waals surface area contributed by atoms with Crippen molar-refractivity contribution in [3.8, 4) is 0 Å². The molecule has 1 spiro atoms. The van der Waals surface area contributed by atoms with E-state index in [-0.39, 0.29) is 11.7 Å². The molecule has 110 valence electrons. The van der Waals surface area contributed by atoms with E-state index in [1.54, 1.807) is 0 Å². The van der Waals surface area contributed by atoms with Crippen LogP contribution in [0.25, 0.3) is 0 Å². The maximum Gasteiger partial charge on any atom is 0.0840 e. The van der Waals surface area contributed by atoms with Crippen LogP contribution in [0.1, 0.15) is 36.0 Å². The van der Waals surface area contributed by atoms with Gasteiger partial charge in [-0.05, 0) is 45.3 Å². The molecule has 0 saturated carbocycles. The summed E-state index contributed by atoms with van der Waals surface area (Å²) >= 11 is 0. The van der Waals surface area contributed by atoms with Crippen molar-refractivity contribution in [2.24, 2.45) is 0 Å². The average Bonchev–Trinajstić information content (AvgIpc) is 2.79. The molecule has 0 radical (unpaired) electrons. The van der Waals surface area contributed by atoms with Crippen LogP contribution in [0.3, 0.4) is 0 Å². The van der Waals surface area contributed by atoms with Gasteiger partial charge in [-0.15, -0.1) is 0 Å². The molecular weight excluding hydrogens is 250 g/mol. The van der Waals surface area contributed by atoms with E-state index < -0.39 is 0 Å². The molecule has 3 heteroatoms. The molecule has 1 aromatic carbocycles. The number of hydrogen-bond donors (Lipinski definition) is 1. The lowest BCUT2D eigenvalue weighted by atomic mass is 9.89. The lowest BCUT2D eigenvalue weighted by Crippen LogP contribution is -2.41. The molecule has 1 unspecified atom stereocenters. The van der Waals surface area contributed by atoms with Gasteiger partial charge in [-0.1, -0.05) is 29.3 Å². The van der Waals surface area contributed by atoms with Crippen molar-refractivity contribution in [1.82, 2.24) is 5.32 Å². The molecule has 0 aliphatic carbocycles. The summed E-state index contributed by atoms with van der Waals surface area (Å²) < 4.78 is 12.1. The summed E-state index contributed by atoms with van der Waals surface area (Å²) in [5, 5.41) is 3.40. The summed E-state index contributed by atoms with van der Waals surface area (Å²) in [5.74, 6) is 0. The largest absolute Gasteiger partial charge is 0.372 e. The van der Waals surface area contributed by atoms with Crippen molar-refractivity contribution >= 4 is 0 Å². The van der Waals surface area contributed by atoms with Gasteiger partial charge in [0, 0.05) is 6.42 Å². The van der Waals surface area contributed by atoms with E-state index in [9.17, 15) is 0 Å². The fourth-order valence-corrected chi connectivity index (χ4v) is 3.51. The third kappa shape index (κ3) is 3.22. The van der Waals surface area contributed by atoms with Crippen LogP contribution in [-0.2, 0) is 16.1 Å². The molecule has 3 nitrogen and oxygen atoms in total. The monoisotopic (exact) mass is 275 g/mol. The Balaban J connectivity index is 1.54. The van der Waals surface area contributed by atoms with Gasteiger partial charge in [0.25, 0.3) is 0 Å². The van der Waals surface area contributed by atoms with Crippen molar-refractivity contribution < 1.29 is 9.47 Å². The predicted molar refractivity (Wildman–Crippen MR) is 79.9 cm³/mol. The Kier molecular flexibility index (Phi) is 4.11. The molecule has 1 atom stereocenters. The second-order valence-corrected chi connectivity index (χ2v) is 6.38.